The Balaban J connectivity index is 2.03. The third-order valence-electron chi connectivity index (χ3n) is 2.96. The average molecular weight is 335 g/mol. The summed E-state index contributed by atoms with van der Waals surface area (Å²) in [5.74, 6) is -0.365. The highest BCUT2D eigenvalue weighted by molar-refractivity contribution is 5.95. The maximum absolute atomic E-state index is 12.3. The van der Waals surface area contributed by atoms with Crippen LogP contribution in [0.2, 0.25) is 0 Å². The fraction of sp³-hybridized carbons (Fsp3) is 0.125. The van der Waals surface area contributed by atoms with Crippen LogP contribution in [-0.2, 0) is 0 Å². The number of carbonyl (C=O) groups is 1. The number of nitrogens with zero attached hydrogens (tertiary/aromatic N) is 1. The Hall–Kier alpha value is -3.16. The van der Waals surface area contributed by atoms with Gasteiger partial charge in [0.1, 0.15) is 0 Å². The summed E-state index contributed by atoms with van der Waals surface area (Å²) in [5.41, 5.74) is 9.38. The van der Waals surface area contributed by atoms with E-state index in [1.807, 2.05) is 0 Å². The number of halogens is 2. The number of carbonyl (C=O) groups excluding carboxylic acids is 1. The Morgan fingerprint density at radius 2 is 1.92 bits per heavy atom. The second-order valence-electron chi connectivity index (χ2n) is 4.61. The van der Waals surface area contributed by atoms with Crippen molar-refractivity contribution in [2.24, 2.45) is 5.10 Å². The number of amides is 1. The van der Waals surface area contributed by atoms with Crippen molar-refractivity contribution in [1.82, 2.24) is 5.43 Å². The summed E-state index contributed by atoms with van der Waals surface area (Å²) in [6, 6.07) is 10.6. The zero-order chi connectivity index (χ0) is 17.5. The quantitative estimate of drug-likeness (QED) is 0.483. The van der Waals surface area contributed by atoms with Gasteiger partial charge in [-0.15, -0.1) is 0 Å². The molecule has 2 aromatic rings. The van der Waals surface area contributed by atoms with Crippen LogP contribution in [0, 0.1) is 0 Å². The Labute approximate surface area is 136 Å². The van der Waals surface area contributed by atoms with Gasteiger partial charge in [-0.05, 0) is 48.0 Å². The van der Waals surface area contributed by atoms with Crippen molar-refractivity contribution in [3.63, 3.8) is 0 Å². The predicted octanol–water partition coefficient (Wildman–Crippen LogP) is 2.64. The highest BCUT2D eigenvalue weighted by Crippen LogP contribution is 2.28. The van der Waals surface area contributed by atoms with Crippen molar-refractivity contribution in [2.45, 2.75) is 6.61 Å². The largest absolute Gasteiger partial charge is 0.493 e. The molecular formula is C16H15F2N3O3. The van der Waals surface area contributed by atoms with E-state index in [9.17, 15) is 13.6 Å². The number of hydrazone groups is 1. The lowest BCUT2D eigenvalue weighted by Crippen LogP contribution is -2.17. The van der Waals surface area contributed by atoms with Gasteiger partial charge in [0.05, 0.1) is 13.3 Å². The van der Waals surface area contributed by atoms with Gasteiger partial charge in [0.2, 0.25) is 0 Å². The number of alkyl halides is 2. The van der Waals surface area contributed by atoms with E-state index >= 15 is 0 Å². The molecular weight excluding hydrogens is 320 g/mol. The first-order chi connectivity index (χ1) is 11.5. The number of hydrogen-bond acceptors (Lipinski definition) is 5. The van der Waals surface area contributed by atoms with Crippen LogP contribution in [0.4, 0.5) is 14.5 Å². The summed E-state index contributed by atoms with van der Waals surface area (Å²) in [6.07, 6.45) is 1.35. The lowest BCUT2D eigenvalue weighted by Gasteiger charge is -2.09. The smallest absolute Gasteiger partial charge is 0.387 e. The number of hydrogen-bond donors (Lipinski definition) is 2. The van der Waals surface area contributed by atoms with E-state index in [2.05, 4.69) is 15.3 Å². The lowest BCUT2D eigenvalue weighted by molar-refractivity contribution is -0.0512. The molecule has 0 aromatic heterocycles. The molecule has 0 bridgehead atoms. The summed E-state index contributed by atoms with van der Waals surface area (Å²) in [6.45, 7) is -2.95. The SMILES string of the molecule is COc1cc(/C=N/NC(=O)c2ccc(N)cc2)ccc1OC(F)F. The van der Waals surface area contributed by atoms with Crippen molar-refractivity contribution in [1.29, 1.82) is 0 Å². The van der Waals surface area contributed by atoms with Crippen molar-refractivity contribution < 1.29 is 23.0 Å². The third-order valence-corrected chi connectivity index (χ3v) is 2.96. The number of ether oxygens (including phenoxy) is 2. The van der Waals surface area contributed by atoms with Gasteiger partial charge in [-0.3, -0.25) is 4.79 Å². The van der Waals surface area contributed by atoms with Crippen molar-refractivity contribution in [2.75, 3.05) is 12.8 Å². The summed E-state index contributed by atoms with van der Waals surface area (Å²) >= 11 is 0. The van der Waals surface area contributed by atoms with E-state index in [1.165, 1.54) is 31.5 Å². The van der Waals surface area contributed by atoms with Crippen molar-refractivity contribution in [3.8, 4) is 11.5 Å². The van der Waals surface area contributed by atoms with Gasteiger partial charge >= 0.3 is 6.61 Å². The van der Waals surface area contributed by atoms with Crippen molar-refractivity contribution in [3.05, 3.63) is 53.6 Å². The molecule has 0 unspecified atom stereocenters. The molecule has 0 spiro atoms. The van der Waals surface area contributed by atoms with Gasteiger partial charge in [0.25, 0.3) is 5.91 Å². The monoisotopic (exact) mass is 335 g/mol. The molecule has 8 heteroatoms. The van der Waals surface area contributed by atoms with Crippen LogP contribution in [0.1, 0.15) is 15.9 Å². The molecule has 2 aromatic carbocycles. The van der Waals surface area contributed by atoms with E-state index in [1.54, 1.807) is 24.3 Å². The number of benzene rings is 2. The normalized spacial score (nSPS) is 10.8. The van der Waals surface area contributed by atoms with Gasteiger partial charge in [-0.25, -0.2) is 5.43 Å². The van der Waals surface area contributed by atoms with Crippen LogP contribution in [0.25, 0.3) is 0 Å². The lowest BCUT2D eigenvalue weighted by atomic mass is 10.2. The van der Waals surface area contributed by atoms with Crippen LogP contribution < -0.4 is 20.6 Å². The number of nitrogens with one attached hydrogen (secondary N) is 1. The summed E-state index contributed by atoms with van der Waals surface area (Å²) in [4.78, 5) is 11.9. The molecule has 1 amide bonds. The minimum absolute atomic E-state index is 0.0874. The van der Waals surface area contributed by atoms with Gasteiger partial charge in [-0.1, -0.05) is 0 Å². The summed E-state index contributed by atoms with van der Waals surface area (Å²) < 4.78 is 33.8. The topological polar surface area (TPSA) is 85.9 Å². The number of rotatable bonds is 6. The number of nitrogens with two attached hydrogens (primary N) is 1. The molecule has 0 saturated carbocycles. The molecule has 0 saturated heterocycles. The second-order valence-corrected chi connectivity index (χ2v) is 4.61. The Bertz CT molecular complexity index is 734. The number of nitrogen functional groups attached to an aromatic ring is 1. The molecule has 0 radical (unpaired) electrons. The predicted molar refractivity (Wildman–Crippen MR) is 85.5 cm³/mol. The van der Waals surface area contributed by atoms with Gasteiger partial charge < -0.3 is 15.2 Å². The maximum atomic E-state index is 12.3. The molecule has 0 fully saturated rings. The van der Waals surface area contributed by atoms with Crippen LogP contribution in [0.5, 0.6) is 11.5 Å². The van der Waals surface area contributed by atoms with E-state index in [0.29, 0.717) is 16.8 Å². The number of methoxy groups -OCH3 is 1. The molecule has 24 heavy (non-hydrogen) atoms. The van der Waals surface area contributed by atoms with E-state index in [0.717, 1.165) is 0 Å². The highest BCUT2D eigenvalue weighted by atomic mass is 19.3. The van der Waals surface area contributed by atoms with Gasteiger partial charge in [-0.2, -0.15) is 13.9 Å². The molecule has 0 aliphatic heterocycles. The maximum Gasteiger partial charge on any atom is 0.387 e. The van der Waals surface area contributed by atoms with Gasteiger partial charge in [0, 0.05) is 11.3 Å². The zero-order valence-electron chi connectivity index (χ0n) is 12.7. The third kappa shape index (κ3) is 4.67. The fourth-order valence-corrected chi connectivity index (χ4v) is 1.82. The van der Waals surface area contributed by atoms with Crippen LogP contribution in [0.15, 0.2) is 47.6 Å². The van der Waals surface area contributed by atoms with E-state index < -0.39 is 12.5 Å². The fourth-order valence-electron chi connectivity index (χ4n) is 1.82. The highest BCUT2D eigenvalue weighted by Gasteiger charge is 2.10. The average Bonchev–Trinajstić information content (AvgIpc) is 2.56. The standard InChI is InChI=1S/C16H15F2N3O3/c1-23-14-8-10(2-7-13(14)24-16(17)18)9-20-21-15(22)11-3-5-12(19)6-4-11/h2-9,16H,19H2,1H3,(H,21,22)/b20-9+. The minimum atomic E-state index is -2.95. The molecule has 126 valence electrons. The molecule has 6 nitrogen and oxygen atoms in total. The van der Waals surface area contributed by atoms with Gasteiger partial charge in [0.15, 0.2) is 11.5 Å². The summed E-state index contributed by atoms with van der Waals surface area (Å²) in [5, 5.41) is 3.81. The minimum Gasteiger partial charge on any atom is -0.493 e. The first kappa shape index (κ1) is 17.2. The van der Waals surface area contributed by atoms with E-state index in [-0.39, 0.29) is 11.5 Å². The second kappa shape index (κ2) is 7.91. The number of anilines is 1. The Morgan fingerprint density at radius 3 is 2.54 bits per heavy atom. The molecule has 0 heterocycles. The Morgan fingerprint density at radius 1 is 1.21 bits per heavy atom. The first-order valence-corrected chi connectivity index (χ1v) is 6.81. The molecule has 0 aliphatic carbocycles. The Kier molecular flexibility index (Phi) is 5.67. The van der Waals surface area contributed by atoms with Crippen LogP contribution in [-0.4, -0.2) is 25.8 Å². The van der Waals surface area contributed by atoms with Crippen LogP contribution in [0.3, 0.4) is 0 Å². The molecule has 3 N–H and O–H groups in total. The van der Waals surface area contributed by atoms with Crippen LogP contribution >= 0.6 is 0 Å². The zero-order valence-corrected chi connectivity index (χ0v) is 12.7. The summed E-state index contributed by atoms with van der Waals surface area (Å²) in [7, 11) is 1.33. The van der Waals surface area contributed by atoms with E-state index in [4.69, 9.17) is 10.5 Å². The molecule has 0 aliphatic rings. The molecule has 0 atom stereocenters. The first-order valence-electron chi connectivity index (χ1n) is 6.81. The molecule has 2 rings (SSSR count). The van der Waals surface area contributed by atoms with Crippen molar-refractivity contribution >= 4 is 17.8 Å².